The van der Waals surface area contributed by atoms with Crippen LogP contribution in [0.4, 0.5) is 0 Å². The maximum atomic E-state index is 14.2. The highest BCUT2D eigenvalue weighted by Crippen LogP contribution is 2.61. The molecule has 8 atom stereocenters. The Bertz CT molecular complexity index is 2650. The normalized spacial score (nSPS) is 28.1. The lowest BCUT2D eigenvalue weighted by Crippen LogP contribution is -2.39. The molecular weight excluding hydrogens is 895 g/mol. The van der Waals surface area contributed by atoms with Gasteiger partial charge in [-0.05, 0) is 138 Å². The largest absolute Gasteiger partial charge is 0.508 e. The fourth-order valence-electron chi connectivity index (χ4n) is 12.0. The number of aryl methyl sites for hydroxylation is 1. The van der Waals surface area contributed by atoms with Crippen LogP contribution in [-0.2, 0) is 29.8 Å². The molecule has 4 aliphatic carbocycles. The average Bonchev–Trinajstić information content (AvgIpc) is 4.06. The highest BCUT2D eigenvalue weighted by atomic mass is 33.1. The molecule has 3 aromatic carbocycles. The van der Waals surface area contributed by atoms with E-state index in [0.29, 0.717) is 78.4 Å². The minimum absolute atomic E-state index is 0.0140. The van der Waals surface area contributed by atoms with Crippen LogP contribution >= 0.6 is 21.6 Å². The molecule has 2 saturated carbocycles. The molecule has 1 aromatic heterocycles. The van der Waals surface area contributed by atoms with Crippen LogP contribution in [0.15, 0.2) is 85.1 Å². The number of carbonyl (C=O) groups is 2. The van der Waals surface area contributed by atoms with Crippen molar-refractivity contribution in [2.24, 2.45) is 40.1 Å². The SMILES string of the molecule is NC(N)c1cc2c3cc1CSSC[C@@H]1C[C@]([C@H]4C=C[C@H]5CCC[C@@]5(C[C@H](O)CO)C4)(C=CC(=O)CCc4ccc(O)c(c4)OCCc4ccc(O)c(c4)[C@@H]3CC(=O)c3cc[nH]c3CC#C2)C[C@H]1O. The number of aliphatic hydroxyl groups excluding tert-OH is 3. The van der Waals surface area contributed by atoms with Crippen molar-refractivity contribution in [2.45, 2.75) is 107 Å². The highest BCUT2D eigenvalue weighted by molar-refractivity contribution is 8.76. The molecule has 4 aromatic rings. The second-order valence-electron chi connectivity index (χ2n) is 19.9. The first kappa shape index (κ1) is 48.3. The van der Waals surface area contributed by atoms with E-state index in [4.69, 9.17) is 16.2 Å². The number of nitrogens with one attached hydrogen (secondary N) is 1. The van der Waals surface area contributed by atoms with Crippen molar-refractivity contribution >= 4 is 33.2 Å². The minimum Gasteiger partial charge on any atom is -0.508 e. The maximum Gasteiger partial charge on any atom is 0.165 e. The molecule has 0 unspecified atom stereocenters. The fourth-order valence-corrected chi connectivity index (χ4v) is 14.5. The molecule has 13 heteroatoms. The first-order valence-electron chi connectivity index (χ1n) is 24.1. The Labute approximate surface area is 406 Å². The predicted octanol–water partition coefficient (Wildman–Crippen LogP) is 8.09. The number of H-pyrrole nitrogens is 1. The molecule has 2 fully saturated rings. The third-order valence-corrected chi connectivity index (χ3v) is 18.0. The summed E-state index contributed by atoms with van der Waals surface area (Å²) in [5.74, 6) is 7.77. The van der Waals surface area contributed by atoms with Gasteiger partial charge in [0.1, 0.15) is 5.75 Å². The number of aromatic amines is 1. The molecular formula is C55H63N3O8S2. The number of fused-ring (bicyclic) bond motifs is 10. The summed E-state index contributed by atoms with van der Waals surface area (Å²) >= 11 is 0. The van der Waals surface area contributed by atoms with Gasteiger partial charge in [-0.25, -0.2) is 0 Å². The van der Waals surface area contributed by atoms with E-state index in [0.717, 1.165) is 59.2 Å². The van der Waals surface area contributed by atoms with Gasteiger partial charge in [0.15, 0.2) is 23.1 Å². The van der Waals surface area contributed by atoms with E-state index < -0.39 is 29.7 Å². The number of ether oxygens (including phenoxy) is 1. The average molecular weight is 958 g/mol. The maximum absolute atomic E-state index is 14.2. The molecule has 0 spiro atoms. The van der Waals surface area contributed by atoms with Crippen molar-refractivity contribution in [3.63, 3.8) is 0 Å². The standard InChI is InChI=1S/C55H63N3O8S2/c56-53(57)44-23-35-3-1-5-47-42(15-19-58-47)50(64)25-45-43(35)24-36(44)31-67-68-32-37-26-55(29-51(37)65,39-10-9-38-4-2-17-54(38,27-39)28-41(61)30-59)18-14-40(60)11-6-33-8-13-49(63)52(22-33)66-20-16-34-7-12-48(62)46(45)21-34/h7-10,12-15,18-19,21-24,37-39,41,45,51,53,58-59,61-63,65H,2,4-6,11,16-17,20,25-32,56-57H2/t37-,38+,39-,41-,45+,51+,54-,55+/m0/s1. The molecule has 1 aliphatic heterocycles. The second kappa shape index (κ2) is 20.7. The Hall–Kier alpha value is -4.78. The Morgan fingerprint density at radius 3 is 2.54 bits per heavy atom. The third kappa shape index (κ3) is 10.2. The molecule has 10 N–H and O–H groups in total. The van der Waals surface area contributed by atoms with Crippen LogP contribution in [0.25, 0.3) is 0 Å². The third-order valence-electron chi connectivity index (χ3n) is 15.6. The minimum atomic E-state index is -0.808. The lowest BCUT2D eigenvalue weighted by atomic mass is 9.58. The van der Waals surface area contributed by atoms with E-state index in [1.165, 1.54) is 0 Å². The van der Waals surface area contributed by atoms with Crippen LogP contribution in [0.5, 0.6) is 17.2 Å². The number of carbonyl (C=O) groups excluding carboxylic acids is 2. The van der Waals surface area contributed by atoms with E-state index in [9.17, 15) is 35.1 Å². The summed E-state index contributed by atoms with van der Waals surface area (Å²) in [7, 11) is 3.33. The molecule has 68 heavy (non-hydrogen) atoms. The van der Waals surface area contributed by atoms with Gasteiger partial charge in [-0.1, -0.05) is 82.3 Å². The van der Waals surface area contributed by atoms with Crippen LogP contribution < -0.4 is 16.2 Å². The smallest absolute Gasteiger partial charge is 0.165 e. The highest BCUT2D eigenvalue weighted by Gasteiger charge is 2.53. The first-order chi connectivity index (χ1) is 32.8. The number of nitrogens with two attached hydrogens (primary N) is 2. The van der Waals surface area contributed by atoms with Crippen molar-refractivity contribution in [3.8, 4) is 29.1 Å². The zero-order valence-corrected chi connectivity index (χ0v) is 40.0. The first-order valence-corrected chi connectivity index (χ1v) is 26.6. The number of ketones is 2. The topological polar surface area (TPSA) is 212 Å². The summed E-state index contributed by atoms with van der Waals surface area (Å²) in [6.45, 7) is -0.0684. The van der Waals surface area contributed by atoms with E-state index in [2.05, 4.69) is 41.1 Å². The number of aromatic nitrogens is 1. The van der Waals surface area contributed by atoms with E-state index in [1.807, 2.05) is 18.2 Å². The summed E-state index contributed by atoms with van der Waals surface area (Å²) < 4.78 is 6.17. The van der Waals surface area contributed by atoms with Crippen LogP contribution in [-0.4, -0.2) is 73.3 Å². The van der Waals surface area contributed by atoms with Gasteiger partial charge in [0.05, 0.1) is 38.0 Å². The zero-order chi connectivity index (χ0) is 47.6. The number of phenolic OH excluding ortho intramolecular Hbond substituents is 2. The van der Waals surface area contributed by atoms with Crippen molar-refractivity contribution in [1.29, 1.82) is 0 Å². The second-order valence-corrected chi connectivity index (χ2v) is 22.4. The monoisotopic (exact) mass is 957 g/mol. The van der Waals surface area contributed by atoms with Gasteiger partial charge < -0.3 is 46.7 Å². The molecule has 8 bridgehead atoms. The van der Waals surface area contributed by atoms with E-state index in [1.54, 1.807) is 64.2 Å². The van der Waals surface area contributed by atoms with E-state index >= 15 is 0 Å². The molecule has 0 amide bonds. The molecule has 0 saturated heterocycles. The number of allylic oxidation sites excluding steroid dienone is 4. The number of aliphatic hydroxyl groups is 3. The van der Waals surface area contributed by atoms with Gasteiger partial charge in [0.25, 0.3) is 0 Å². The van der Waals surface area contributed by atoms with Gasteiger partial charge in [-0.3, -0.25) is 9.59 Å². The Morgan fingerprint density at radius 2 is 1.72 bits per heavy atom. The number of aromatic hydroxyl groups is 2. The number of hydrogen-bond donors (Lipinski definition) is 8. The Morgan fingerprint density at radius 1 is 0.912 bits per heavy atom. The number of benzene rings is 3. The Balaban J connectivity index is 1.08. The van der Waals surface area contributed by atoms with Gasteiger partial charge >= 0.3 is 0 Å². The molecule has 358 valence electrons. The van der Waals surface area contributed by atoms with Gasteiger partial charge in [0.2, 0.25) is 0 Å². The van der Waals surface area contributed by atoms with E-state index in [-0.39, 0.29) is 66.4 Å². The van der Waals surface area contributed by atoms with Crippen LogP contribution in [0.3, 0.4) is 0 Å². The number of Topliss-reactive ketones (excluding diaryl/α,β-unsaturated/α-hetero) is 1. The van der Waals surface area contributed by atoms with Crippen molar-refractivity contribution in [2.75, 3.05) is 19.0 Å². The van der Waals surface area contributed by atoms with Gasteiger partial charge in [0, 0.05) is 65.3 Å². The molecule has 2 heterocycles. The summed E-state index contributed by atoms with van der Waals surface area (Å²) in [6.07, 6.45) is 15.1. The molecule has 11 nitrogen and oxygen atoms in total. The predicted molar refractivity (Wildman–Crippen MR) is 267 cm³/mol. The number of hydrogen-bond acceptors (Lipinski definition) is 12. The summed E-state index contributed by atoms with van der Waals surface area (Å²) in [4.78, 5) is 31.2. The van der Waals surface area contributed by atoms with Crippen LogP contribution in [0.1, 0.15) is 125 Å². The molecule has 9 rings (SSSR count). The molecule has 0 radical (unpaired) electrons. The van der Waals surface area contributed by atoms with Gasteiger partial charge in [-0.2, -0.15) is 0 Å². The Kier molecular flexibility index (Phi) is 14.7. The lowest BCUT2D eigenvalue weighted by molar-refractivity contribution is -0.114. The van der Waals surface area contributed by atoms with Crippen LogP contribution in [0, 0.1) is 40.4 Å². The van der Waals surface area contributed by atoms with Crippen LogP contribution in [0.2, 0.25) is 0 Å². The van der Waals surface area contributed by atoms with Crippen molar-refractivity contribution < 1.29 is 39.9 Å². The zero-order valence-electron chi connectivity index (χ0n) is 38.4. The quantitative estimate of drug-likeness (QED) is 0.0413. The molecule has 5 aliphatic rings. The van der Waals surface area contributed by atoms with Crippen molar-refractivity contribution in [1.82, 2.24) is 4.98 Å². The number of rotatable bonds is 5. The number of phenols is 2. The summed E-state index contributed by atoms with van der Waals surface area (Å²) in [5.41, 5.74) is 19.0. The summed E-state index contributed by atoms with van der Waals surface area (Å²) in [5, 5.41) is 55.0. The lowest BCUT2D eigenvalue weighted by Gasteiger charge is -2.46. The fraction of sp³-hybridized carbons (Fsp3) is 0.455. The van der Waals surface area contributed by atoms with Crippen molar-refractivity contribution in [3.05, 3.63) is 135 Å². The van der Waals surface area contributed by atoms with Gasteiger partial charge in [-0.15, -0.1) is 0 Å². The summed E-state index contributed by atoms with van der Waals surface area (Å²) in [6, 6.07) is 16.3.